The minimum Gasteiger partial charge on any atom is -0.135 e. The zero-order chi connectivity index (χ0) is 38.6. The third-order valence-electron chi connectivity index (χ3n) is 12.8. The van der Waals surface area contributed by atoms with Crippen LogP contribution in [0, 0.1) is 0 Å². The van der Waals surface area contributed by atoms with E-state index >= 15 is 0 Å². The first-order valence-corrected chi connectivity index (χ1v) is 21.2. The Morgan fingerprint density at radius 3 is 1.44 bits per heavy atom. The quantitative estimate of drug-likeness (QED) is 0.157. The molecule has 0 bridgehead atoms. The molecule has 0 nitrogen and oxygen atoms in total. The lowest BCUT2D eigenvalue weighted by Gasteiger charge is -2.17. The van der Waals surface area contributed by atoms with E-state index in [-0.39, 0.29) is 0 Å². The van der Waals surface area contributed by atoms with Crippen LogP contribution in [0.5, 0.6) is 0 Å². The molecule has 1 heteroatoms. The molecule has 59 heavy (non-hydrogen) atoms. The first kappa shape index (κ1) is 32.7. The molecule has 0 unspecified atom stereocenters. The Bertz CT molecular complexity index is 3870. The molecule has 13 rings (SSSR count). The fraction of sp³-hybridized carbons (Fsp3) is 0. The predicted octanol–water partition coefficient (Wildman–Crippen LogP) is 17.1. The van der Waals surface area contributed by atoms with Gasteiger partial charge in [-0.2, -0.15) is 0 Å². The van der Waals surface area contributed by atoms with E-state index in [1.165, 1.54) is 129 Å². The first-order chi connectivity index (χ1) is 29.2. The van der Waals surface area contributed by atoms with Crippen LogP contribution < -0.4 is 0 Å². The fourth-order valence-corrected chi connectivity index (χ4v) is 11.2. The number of hydrogen-bond donors (Lipinski definition) is 0. The molecule has 0 radical (unpaired) electrons. The maximum Gasteiger partial charge on any atom is 0.0362 e. The summed E-state index contributed by atoms with van der Waals surface area (Å²) in [5, 5.41) is 20.8. The lowest BCUT2D eigenvalue weighted by molar-refractivity contribution is 1.63. The van der Waals surface area contributed by atoms with Gasteiger partial charge < -0.3 is 0 Å². The largest absolute Gasteiger partial charge is 0.135 e. The van der Waals surface area contributed by atoms with E-state index in [9.17, 15) is 0 Å². The summed E-state index contributed by atoms with van der Waals surface area (Å²) in [7, 11) is 0. The number of rotatable bonds is 3. The summed E-state index contributed by atoms with van der Waals surface area (Å²) in [5.41, 5.74) is 7.43. The van der Waals surface area contributed by atoms with Crippen molar-refractivity contribution in [2.75, 3.05) is 0 Å². The summed E-state index contributed by atoms with van der Waals surface area (Å²) < 4.78 is 2.68. The topological polar surface area (TPSA) is 0 Å². The number of fused-ring (bicyclic) bond motifs is 16. The van der Waals surface area contributed by atoms with Crippen LogP contribution in [0.3, 0.4) is 0 Å². The van der Waals surface area contributed by atoms with Gasteiger partial charge in [0.15, 0.2) is 0 Å². The van der Waals surface area contributed by atoms with E-state index < -0.39 is 0 Å². The normalized spacial score (nSPS) is 12.1. The van der Waals surface area contributed by atoms with Gasteiger partial charge in [0, 0.05) is 20.2 Å². The van der Waals surface area contributed by atoms with E-state index in [0.717, 1.165) is 0 Å². The Labute approximate surface area is 344 Å². The van der Waals surface area contributed by atoms with Gasteiger partial charge in [-0.15, -0.1) is 11.3 Å². The van der Waals surface area contributed by atoms with Crippen molar-refractivity contribution >= 4 is 107 Å². The number of hydrogen-bond acceptors (Lipinski definition) is 1. The molecule has 272 valence electrons. The highest BCUT2D eigenvalue weighted by atomic mass is 32.1. The average Bonchev–Trinajstić information content (AvgIpc) is 3.67. The Balaban J connectivity index is 1.01. The molecule has 0 saturated heterocycles. The minimum absolute atomic E-state index is 1.22. The van der Waals surface area contributed by atoms with Crippen molar-refractivity contribution in [1.29, 1.82) is 0 Å². The third kappa shape index (κ3) is 4.89. The fourth-order valence-electron chi connectivity index (χ4n) is 10.1. The van der Waals surface area contributed by atoms with Crippen molar-refractivity contribution in [2.45, 2.75) is 0 Å². The van der Waals surface area contributed by atoms with E-state index in [1.807, 2.05) is 11.3 Å². The maximum atomic E-state index is 2.44. The predicted molar refractivity (Wildman–Crippen MR) is 258 cm³/mol. The zero-order valence-electron chi connectivity index (χ0n) is 32.0. The molecule has 13 aromatic rings. The number of benzene rings is 12. The molecular weight excluding hydrogens is 729 g/mol. The van der Waals surface area contributed by atoms with Crippen LogP contribution in [0.1, 0.15) is 0 Å². The van der Waals surface area contributed by atoms with Crippen LogP contribution in [-0.2, 0) is 0 Å². The zero-order valence-corrected chi connectivity index (χ0v) is 32.9. The van der Waals surface area contributed by atoms with Crippen LogP contribution in [-0.4, -0.2) is 0 Å². The molecule has 0 atom stereocenters. The van der Waals surface area contributed by atoms with E-state index in [0.29, 0.717) is 0 Å². The van der Waals surface area contributed by atoms with Crippen LogP contribution in [0.25, 0.3) is 129 Å². The smallest absolute Gasteiger partial charge is 0.0362 e. The van der Waals surface area contributed by atoms with Crippen molar-refractivity contribution in [3.63, 3.8) is 0 Å². The lowest BCUT2D eigenvalue weighted by Crippen LogP contribution is -1.89. The SMILES string of the molecule is c1ccc(-c2cc3c4ccccc4c(-c4cccc(-c5ccc6c(c5)c5ccccc5c5c6ccc6sc7cc8ccccc8cc7c65)c4)cc3c3ccccc23)cc1. The molecular formula is C58H34S. The molecule has 0 saturated carbocycles. The van der Waals surface area contributed by atoms with Crippen molar-refractivity contribution in [1.82, 2.24) is 0 Å². The Morgan fingerprint density at radius 2 is 0.712 bits per heavy atom. The maximum absolute atomic E-state index is 2.44. The van der Waals surface area contributed by atoms with Crippen molar-refractivity contribution in [2.24, 2.45) is 0 Å². The Kier molecular flexibility index (Phi) is 6.98. The molecule has 1 heterocycles. The highest BCUT2D eigenvalue weighted by molar-refractivity contribution is 7.26. The van der Waals surface area contributed by atoms with Crippen LogP contribution in [0.4, 0.5) is 0 Å². The van der Waals surface area contributed by atoms with E-state index in [2.05, 4.69) is 206 Å². The van der Waals surface area contributed by atoms with Gasteiger partial charge in [-0.25, -0.2) is 0 Å². The molecule has 0 aliphatic heterocycles. The minimum atomic E-state index is 1.22. The molecule has 0 aliphatic rings. The second-order valence-electron chi connectivity index (χ2n) is 15.9. The molecule has 12 aromatic carbocycles. The summed E-state index contributed by atoms with van der Waals surface area (Å²) in [6.45, 7) is 0. The average molecular weight is 763 g/mol. The van der Waals surface area contributed by atoms with Crippen LogP contribution in [0.2, 0.25) is 0 Å². The van der Waals surface area contributed by atoms with Gasteiger partial charge in [-0.3, -0.25) is 0 Å². The van der Waals surface area contributed by atoms with Crippen molar-refractivity contribution < 1.29 is 0 Å². The molecule has 0 aliphatic carbocycles. The molecule has 0 N–H and O–H groups in total. The van der Waals surface area contributed by atoms with Gasteiger partial charge in [-0.1, -0.05) is 164 Å². The Morgan fingerprint density at radius 1 is 0.220 bits per heavy atom. The van der Waals surface area contributed by atoms with Gasteiger partial charge in [0.2, 0.25) is 0 Å². The highest BCUT2D eigenvalue weighted by Crippen LogP contribution is 2.47. The monoisotopic (exact) mass is 762 g/mol. The van der Waals surface area contributed by atoms with Crippen LogP contribution >= 0.6 is 11.3 Å². The van der Waals surface area contributed by atoms with Crippen molar-refractivity contribution in [3.05, 3.63) is 206 Å². The molecule has 1 aromatic heterocycles. The molecule has 0 amide bonds. The molecule has 0 fully saturated rings. The number of thiophene rings is 1. The van der Waals surface area contributed by atoms with Gasteiger partial charge >= 0.3 is 0 Å². The Hall–Kier alpha value is -7.32. The summed E-state index contributed by atoms with van der Waals surface area (Å²) in [6, 6.07) is 77.0. The highest BCUT2D eigenvalue weighted by Gasteiger charge is 2.18. The summed E-state index contributed by atoms with van der Waals surface area (Å²) in [6.07, 6.45) is 0. The van der Waals surface area contributed by atoms with E-state index in [4.69, 9.17) is 0 Å². The van der Waals surface area contributed by atoms with Gasteiger partial charge in [0.25, 0.3) is 0 Å². The third-order valence-corrected chi connectivity index (χ3v) is 13.9. The van der Waals surface area contributed by atoms with Gasteiger partial charge in [0.05, 0.1) is 0 Å². The first-order valence-electron chi connectivity index (χ1n) is 20.4. The molecule has 0 spiro atoms. The van der Waals surface area contributed by atoms with Crippen LogP contribution in [0.15, 0.2) is 206 Å². The van der Waals surface area contributed by atoms with E-state index in [1.54, 1.807) is 0 Å². The summed E-state index contributed by atoms with van der Waals surface area (Å²) in [4.78, 5) is 0. The second kappa shape index (κ2) is 12.6. The standard InChI is InChI=1S/C58H34S/c1-2-13-35(14-3-1)49-33-52-44-22-9-7-20-42(44)50(34-53(52)43-21-8-6-19-41(43)49)40-18-12-17-36(29-40)39-25-26-46-48-27-28-55-58(57(48)47-24-11-10-23-45(47)51(46)30-39)54-31-37-15-4-5-16-38(37)32-56(54)59-55/h1-34H. The van der Waals surface area contributed by atoms with Gasteiger partial charge in [-0.05, 0) is 151 Å². The summed E-state index contributed by atoms with van der Waals surface area (Å²) in [5.74, 6) is 0. The lowest BCUT2D eigenvalue weighted by atomic mass is 9.87. The summed E-state index contributed by atoms with van der Waals surface area (Å²) >= 11 is 1.91. The van der Waals surface area contributed by atoms with Crippen molar-refractivity contribution in [3.8, 4) is 33.4 Å². The second-order valence-corrected chi connectivity index (χ2v) is 17.0. The van der Waals surface area contributed by atoms with Gasteiger partial charge in [0.1, 0.15) is 0 Å².